The summed E-state index contributed by atoms with van der Waals surface area (Å²) in [6, 6.07) is 9.60. The molecule has 1 amide bonds. The van der Waals surface area contributed by atoms with Crippen molar-refractivity contribution in [1.82, 2.24) is 9.55 Å². The van der Waals surface area contributed by atoms with E-state index in [1.807, 2.05) is 30.3 Å². The van der Waals surface area contributed by atoms with E-state index in [0.29, 0.717) is 6.54 Å². The number of hydrogen-bond acceptors (Lipinski definition) is 3. The number of amides is 1. The van der Waals surface area contributed by atoms with Gasteiger partial charge < -0.3 is 4.57 Å². The summed E-state index contributed by atoms with van der Waals surface area (Å²) in [6.45, 7) is 0.497. The quantitative estimate of drug-likeness (QED) is 0.734. The molecule has 5 nitrogen and oxygen atoms in total. The molecule has 0 atom stereocenters. The molecule has 80 valence electrons. The summed E-state index contributed by atoms with van der Waals surface area (Å²) in [7, 11) is 0. The fraction of sp³-hybridized carbons (Fsp3) is 0.0909. The third-order valence-corrected chi connectivity index (χ3v) is 2.19. The number of imidazole rings is 1. The van der Waals surface area contributed by atoms with Gasteiger partial charge in [0.25, 0.3) is 0 Å². The number of aromatic nitrogens is 2. The van der Waals surface area contributed by atoms with Gasteiger partial charge in [-0.15, -0.1) is 4.91 Å². The predicted molar refractivity (Wildman–Crippen MR) is 57.9 cm³/mol. The summed E-state index contributed by atoms with van der Waals surface area (Å²) in [5.41, 5.74) is 1.03. The molecule has 0 unspecified atom stereocenters. The Hall–Kier alpha value is -2.30. The van der Waals surface area contributed by atoms with Gasteiger partial charge in [-0.05, 0) is 5.56 Å². The number of rotatable bonds is 3. The van der Waals surface area contributed by atoms with Crippen LogP contribution in [0.4, 0.5) is 0 Å². The van der Waals surface area contributed by atoms with Gasteiger partial charge in [0.15, 0.2) is 0 Å². The number of benzene rings is 1. The molecule has 0 N–H and O–H groups in total. The van der Waals surface area contributed by atoms with Gasteiger partial charge in [-0.25, -0.2) is 4.98 Å². The second-order valence-electron chi connectivity index (χ2n) is 3.26. The van der Waals surface area contributed by atoms with Crippen LogP contribution in [0.5, 0.6) is 0 Å². The monoisotopic (exact) mass is 215 g/mol. The molecule has 2 rings (SSSR count). The highest BCUT2D eigenvalue weighted by molar-refractivity contribution is 5.91. The predicted octanol–water partition coefficient (Wildman–Crippen LogP) is 1.84. The van der Waals surface area contributed by atoms with Crippen molar-refractivity contribution in [1.29, 1.82) is 0 Å². The molecule has 0 saturated carbocycles. The van der Waals surface area contributed by atoms with Crippen LogP contribution in [0.3, 0.4) is 0 Å². The lowest BCUT2D eigenvalue weighted by atomic mass is 10.2. The highest BCUT2D eigenvalue weighted by atomic mass is 16.3. The van der Waals surface area contributed by atoms with Gasteiger partial charge in [0.05, 0.1) is 0 Å². The highest BCUT2D eigenvalue weighted by Gasteiger charge is 2.12. The summed E-state index contributed by atoms with van der Waals surface area (Å²) in [4.78, 5) is 25.1. The van der Waals surface area contributed by atoms with Crippen molar-refractivity contribution in [2.24, 2.45) is 5.18 Å². The van der Waals surface area contributed by atoms with Crippen LogP contribution >= 0.6 is 0 Å². The molecule has 5 heteroatoms. The molecule has 0 fully saturated rings. The Labute approximate surface area is 91.7 Å². The first-order chi connectivity index (χ1) is 7.81. The fourth-order valence-electron chi connectivity index (χ4n) is 1.46. The van der Waals surface area contributed by atoms with Crippen molar-refractivity contribution in [3.05, 3.63) is 59.0 Å². The number of nitroso groups, excluding NO2 is 1. The van der Waals surface area contributed by atoms with Crippen molar-refractivity contribution < 1.29 is 4.79 Å². The Kier molecular flexibility index (Phi) is 2.86. The van der Waals surface area contributed by atoms with Gasteiger partial charge >= 0.3 is 5.91 Å². The lowest BCUT2D eigenvalue weighted by molar-refractivity contribution is 0.0987. The van der Waals surface area contributed by atoms with Crippen molar-refractivity contribution in [2.75, 3.05) is 0 Å². The van der Waals surface area contributed by atoms with Gasteiger partial charge in [0.2, 0.25) is 5.82 Å². The average molecular weight is 215 g/mol. The average Bonchev–Trinajstić information content (AvgIpc) is 2.77. The molecule has 16 heavy (non-hydrogen) atoms. The SMILES string of the molecule is O=NC(=O)c1nccn1Cc1ccccc1. The molecule has 0 aliphatic rings. The van der Waals surface area contributed by atoms with Crippen LogP contribution in [-0.4, -0.2) is 15.5 Å². The van der Waals surface area contributed by atoms with E-state index in [4.69, 9.17) is 0 Å². The topological polar surface area (TPSA) is 64.3 Å². The first-order valence-corrected chi connectivity index (χ1v) is 4.74. The standard InChI is InChI=1S/C11H9N3O2/c15-11(13-16)10-12-6-7-14(10)8-9-4-2-1-3-5-9/h1-7H,8H2. The van der Waals surface area contributed by atoms with E-state index in [1.165, 1.54) is 6.20 Å². The zero-order valence-electron chi connectivity index (χ0n) is 8.41. The normalized spacial score (nSPS) is 10.0. The highest BCUT2D eigenvalue weighted by Crippen LogP contribution is 2.06. The Bertz CT molecular complexity index is 505. The fourth-order valence-corrected chi connectivity index (χ4v) is 1.46. The number of carbonyl (C=O) groups excluding carboxylic acids is 1. The molecule has 1 heterocycles. The molecule has 1 aromatic heterocycles. The van der Waals surface area contributed by atoms with Crippen LogP contribution in [0.1, 0.15) is 16.2 Å². The zero-order valence-corrected chi connectivity index (χ0v) is 8.41. The van der Waals surface area contributed by atoms with E-state index in [9.17, 15) is 9.70 Å². The largest absolute Gasteiger partial charge is 0.352 e. The number of hydrogen-bond donors (Lipinski definition) is 0. The molecule has 0 saturated heterocycles. The smallest absolute Gasteiger partial charge is 0.322 e. The number of carbonyl (C=O) groups is 1. The maximum atomic E-state index is 11.1. The van der Waals surface area contributed by atoms with Crippen LogP contribution in [-0.2, 0) is 6.54 Å². The van der Waals surface area contributed by atoms with Gasteiger partial charge in [-0.2, -0.15) is 0 Å². The molecule has 0 aliphatic carbocycles. The summed E-state index contributed by atoms with van der Waals surface area (Å²) >= 11 is 0. The Morgan fingerprint density at radius 2 is 2.06 bits per heavy atom. The molecule has 0 bridgehead atoms. The minimum Gasteiger partial charge on any atom is -0.322 e. The molecule has 2 aromatic rings. The van der Waals surface area contributed by atoms with E-state index in [0.717, 1.165) is 5.56 Å². The van der Waals surface area contributed by atoms with Crippen LogP contribution in [0, 0.1) is 4.91 Å². The third kappa shape index (κ3) is 2.03. The van der Waals surface area contributed by atoms with Crippen molar-refractivity contribution in [3.63, 3.8) is 0 Å². The lowest BCUT2D eigenvalue weighted by Crippen LogP contribution is -2.08. The summed E-state index contributed by atoms with van der Waals surface area (Å²) in [5, 5.41) is 2.36. The van der Waals surface area contributed by atoms with Gasteiger partial charge in [0, 0.05) is 24.1 Å². The van der Waals surface area contributed by atoms with Gasteiger partial charge in [0.1, 0.15) is 0 Å². The van der Waals surface area contributed by atoms with Crippen LogP contribution in [0.25, 0.3) is 0 Å². The molecule has 1 aromatic carbocycles. The van der Waals surface area contributed by atoms with E-state index < -0.39 is 5.91 Å². The van der Waals surface area contributed by atoms with Crippen LogP contribution < -0.4 is 0 Å². The Morgan fingerprint density at radius 3 is 2.75 bits per heavy atom. The van der Waals surface area contributed by atoms with Crippen molar-refractivity contribution >= 4 is 5.91 Å². The maximum Gasteiger partial charge on any atom is 0.352 e. The summed E-state index contributed by atoms with van der Waals surface area (Å²) in [6.07, 6.45) is 3.12. The van der Waals surface area contributed by atoms with E-state index in [1.54, 1.807) is 10.8 Å². The Morgan fingerprint density at radius 1 is 1.31 bits per heavy atom. The molecule has 0 spiro atoms. The van der Waals surface area contributed by atoms with Crippen molar-refractivity contribution in [2.45, 2.75) is 6.54 Å². The minimum atomic E-state index is -0.846. The Balaban J connectivity index is 2.26. The van der Waals surface area contributed by atoms with Crippen LogP contribution in [0.2, 0.25) is 0 Å². The van der Waals surface area contributed by atoms with Crippen LogP contribution in [0.15, 0.2) is 47.9 Å². The molecule has 0 aliphatic heterocycles. The molecular weight excluding hydrogens is 206 g/mol. The summed E-state index contributed by atoms with van der Waals surface area (Å²) in [5.74, 6) is -0.778. The zero-order chi connectivity index (χ0) is 11.4. The maximum absolute atomic E-state index is 11.1. The molecular formula is C11H9N3O2. The van der Waals surface area contributed by atoms with E-state index in [-0.39, 0.29) is 5.82 Å². The van der Waals surface area contributed by atoms with Gasteiger partial charge in [-0.1, -0.05) is 30.3 Å². The second kappa shape index (κ2) is 4.48. The minimum absolute atomic E-state index is 0.0684. The second-order valence-corrected chi connectivity index (χ2v) is 3.26. The molecule has 0 radical (unpaired) electrons. The van der Waals surface area contributed by atoms with E-state index >= 15 is 0 Å². The number of nitrogens with zero attached hydrogens (tertiary/aromatic N) is 3. The van der Waals surface area contributed by atoms with Crippen molar-refractivity contribution in [3.8, 4) is 0 Å². The third-order valence-electron chi connectivity index (χ3n) is 2.19. The first kappa shape index (κ1) is 10.2. The van der Waals surface area contributed by atoms with E-state index in [2.05, 4.69) is 10.2 Å². The lowest BCUT2D eigenvalue weighted by Gasteiger charge is -2.04. The summed E-state index contributed by atoms with van der Waals surface area (Å²) < 4.78 is 1.60. The van der Waals surface area contributed by atoms with Gasteiger partial charge in [-0.3, -0.25) is 4.79 Å². The first-order valence-electron chi connectivity index (χ1n) is 4.74.